The van der Waals surface area contributed by atoms with Crippen molar-refractivity contribution in [1.29, 1.82) is 0 Å². The van der Waals surface area contributed by atoms with Gasteiger partial charge in [-0.25, -0.2) is 4.98 Å². The fourth-order valence-electron chi connectivity index (χ4n) is 3.09. The summed E-state index contributed by atoms with van der Waals surface area (Å²) in [4.78, 5) is 24.0. The SMILES string of the molecule is CCCCOc1ccc(C(=O)N(Cc2cccnc2)c2nc3ccc(Cl)cc3s2)cc1. The van der Waals surface area contributed by atoms with Crippen molar-refractivity contribution < 1.29 is 9.53 Å². The molecule has 0 aliphatic carbocycles. The van der Waals surface area contributed by atoms with Crippen LogP contribution in [0.4, 0.5) is 5.13 Å². The van der Waals surface area contributed by atoms with Crippen molar-refractivity contribution in [2.75, 3.05) is 11.5 Å². The largest absolute Gasteiger partial charge is 0.494 e. The number of pyridine rings is 1. The lowest BCUT2D eigenvalue weighted by atomic mass is 10.2. The standard InChI is InChI=1S/C24H22ClN3O2S/c1-2-3-13-30-20-9-6-18(7-10-20)23(29)28(16-17-5-4-12-26-15-17)24-27-21-11-8-19(25)14-22(21)31-24/h4-12,14-15H,2-3,13,16H2,1H3. The molecule has 31 heavy (non-hydrogen) atoms. The minimum Gasteiger partial charge on any atom is -0.494 e. The normalized spacial score (nSPS) is 10.9. The maximum Gasteiger partial charge on any atom is 0.260 e. The number of unbranched alkanes of at least 4 members (excludes halogenated alkanes) is 1. The predicted octanol–water partition coefficient (Wildman–Crippen LogP) is 6.37. The zero-order valence-electron chi connectivity index (χ0n) is 17.1. The van der Waals surface area contributed by atoms with Gasteiger partial charge < -0.3 is 4.74 Å². The second-order valence-corrected chi connectivity index (χ2v) is 8.53. The molecule has 0 N–H and O–H groups in total. The van der Waals surface area contributed by atoms with Gasteiger partial charge in [0.05, 0.1) is 23.4 Å². The average Bonchev–Trinajstić information content (AvgIpc) is 3.21. The molecule has 1 amide bonds. The Morgan fingerprint density at radius 3 is 2.74 bits per heavy atom. The van der Waals surface area contributed by atoms with E-state index in [9.17, 15) is 4.79 Å². The molecule has 0 aliphatic rings. The summed E-state index contributed by atoms with van der Waals surface area (Å²) in [6.45, 7) is 3.16. The Morgan fingerprint density at radius 1 is 1.16 bits per heavy atom. The van der Waals surface area contributed by atoms with Crippen molar-refractivity contribution in [1.82, 2.24) is 9.97 Å². The van der Waals surface area contributed by atoms with E-state index in [1.165, 1.54) is 11.3 Å². The first kappa shape index (κ1) is 21.3. The number of nitrogens with zero attached hydrogens (tertiary/aromatic N) is 3. The van der Waals surface area contributed by atoms with Crippen LogP contribution in [0, 0.1) is 0 Å². The number of hydrogen-bond donors (Lipinski definition) is 0. The van der Waals surface area contributed by atoms with Gasteiger partial charge in [-0.3, -0.25) is 14.7 Å². The van der Waals surface area contributed by atoms with Crippen molar-refractivity contribution in [2.45, 2.75) is 26.3 Å². The molecule has 0 bridgehead atoms. The summed E-state index contributed by atoms with van der Waals surface area (Å²) in [6.07, 6.45) is 5.55. The van der Waals surface area contributed by atoms with Gasteiger partial charge in [0, 0.05) is 23.0 Å². The number of rotatable bonds is 8. The Labute approximate surface area is 190 Å². The molecular weight excluding hydrogens is 430 g/mol. The molecular formula is C24H22ClN3O2S. The predicted molar refractivity (Wildman–Crippen MR) is 126 cm³/mol. The molecule has 2 aromatic carbocycles. The minimum absolute atomic E-state index is 0.130. The minimum atomic E-state index is -0.130. The molecule has 2 aromatic heterocycles. The zero-order valence-corrected chi connectivity index (χ0v) is 18.7. The molecule has 4 aromatic rings. The first-order valence-corrected chi connectivity index (χ1v) is 11.3. The van der Waals surface area contributed by atoms with Crippen LogP contribution in [0.3, 0.4) is 0 Å². The lowest BCUT2D eigenvalue weighted by Crippen LogP contribution is -2.30. The average molecular weight is 452 g/mol. The van der Waals surface area contributed by atoms with Crippen LogP contribution in [0.25, 0.3) is 10.2 Å². The highest BCUT2D eigenvalue weighted by molar-refractivity contribution is 7.22. The monoisotopic (exact) mass is 451 g/mol. The van der Waals surface area contributed by atoms with Gasteiger partial charge in [0.15, 0.2) is 5.13 Å². The number of thiazole rings is 1. The maximum atomic E-state index is 13.5. The summed E-state index contributed by atoms with van der Waals surface area (Å²) in [5, 5.41) is 1.26. The summed E-state index contributed by atoms with van der Waals surface area (Å²) in [7, 11) is 0. The fraction of sp³-hybridized carbons (Fsp3) is 0.208. The number of aromatic nitrogens is 2. The topological polar surface area (TPSA) is 55.3 Å². The quantitative estimate of drug-likeness (QED) is 0.292. The highest BCUT2D eigenvalue weighted by atomic mass is 35.5. The Bertz CT molecular complexity index is 1160. The van der Waals surface area contributed by atoms with E-state index >= 15 is 0 Å². The number of hydrogen-bond acceptors (Lipinski definition) is 5. The van der Waals surface area contributed by atoms with Gasteiger partial charge in [-0.1, -0.05) is 42.3 Å². The molecule has 158 valence electrons. The summed E-state index contributed by atoms with van der Waals surface area (Å²) >= 11 is 7.58. The third-order valence-corrected chi connectivity index (χ3v) is 6.02. The van der Waals surface area contributed by atoms with E-state index in [4.69, 9.17) is 16.3 Å². The van der Waals surface area contributed by atoms with Gasteiger partial charge in [0.25, 0.3) is 5.91 Å². The van der Waals surface area contributed by atoms with Gasteiger partial charge in [-0.2, -0.15) is 0 Å². The molecule has 0 fully saturated rings. The molecule has 0 unspecified atom stereocenters. The number of amides is 1. The van der Waals surface area contributed by atoms with E-state index in [1.54, 1.807) is 35.5 Å². The van der Waals surface area contributed by atoms with Gasteiger partial charge in [-0.05, 0) is 60.5 Å². The van der Waals surface area contributed by atoms with Crippen LogP contribution in [0.15, 0.2) is 67.0 Å². The molecule has 4 rings (SSSR count). The van der Waals surface area contributed by atoms with Crippen LogP contribution in [0.2, 0.25) is 5.02 Å². The Kier molecular flexibility index (Phi) is 6.79. The Morgan fingerprint density at radius 2 is 2.00 bits per heavy atom. The summed E-state index contributed by atoms with van der Waals surface area (Å²) in [5.41, 5.74) is 2.31. The molecule has 0 saturated carbocycles. The first-order valence-electron chi connectivity index (χ1n) is 10.1. The molecule has 0 atom stereocenters. The maximum absolute atomic E-state index is 13.5. The Hall–Kier alpha value is -2.96. The fourth-order valence-corrected chi connectivity index (χ4v) is 4.33. The number of carbonyl (C=O) groups excluding carboxylic acids is 1. The van der Waals surface area contributed by atoms with Crippen molar-refractivity contribution >= 4 is 44.2 Å². The van der Waals surface area contributed by atoms with Crippen molar-refractivity contribution in [2.24, 2.45) is 0 Å². The molecule has 5 nitrogen and oxygen atoms in total. The lowest BCUT2D eigenvalue weighted by molar-refractivity contribution is 0.0985. The van der Waals surface area contributed by atoms with Crippen LogP contribution in [0.5, 0.6) is 5.75 Å². The van der Waals surface area contributed by atoms with E-state index < -0.39 is 0 Å². The van der Waals surface area contributed by atoms with Crippen molar-refractivity contribution in [3.05, 3.63) is 83.1 Å². The van der Waals surface area contributed by atoms with Gasteiger partial charge in [-0.15, -0.1) is 0 Å². The second-order valence-electron chi connectivity index (χ2n) is 7.09. The van der Waals surface area contributed by atoms with Crippen LogP contribution < -0.4 is 9.64 Å². The van der Waals surface area contributed by atoms with Gasteiger partial charge in [0.1, 0.15) is 5.75 Å². The van der Waals surface area contributed by atoms with Crippen LogP contribution in [0.1, 0.15) is 35.7 Å². The summed E-state index contributed by atoms with van der Waals surface area (Å²) < 4.78 is 6.65. The van der Waals surface area contributed by atoms with Gasteiger partial charge >= 0.3 is 0 Å². The first-order chi connectivity index (χ1) is 15.1. The van der Waals surface area contributed by atoms with E-state index in [1.807, 2.05) is 36.4 Å². The second kappa shape index (κ2) is 9.90. The van der Waals surface area contributed by atoms with Crippen molar-refractivity contribution in [3.8, 4) is 5.75 Å². The smallest absolute Gasteiger partial charge is 0.260 e. The molecule has 0 spiro atoms. The third kappa shape index (κ3) is 5.21. The van der Waals surface area contributed by atoms with Crippen LogP contribution >= 0.6 is 22.9 Å². The third-order valence-electron chi connectivity index (χ3n) is 4.75. The highest BCUT2D eigenvalue weighted by Gasteiger charge is 2.22. The summed E-state index contributed by atoms with van der Waals surface area (Å²) in [6, 6.07) is 16.6. The highest BCUT2D eigenvalue weighted by Crippen LogP contribution is 2.32. The zero-order chi connectivity index (χ0) is 21.6. The van der Waals surface area contributed by atoms with E-state index in [0.717, 1.165) is 34.4 Å². The molecule has 0 saturated heterocycles. The number of anilines is 1. The lowest BCUT2D eigenvalue weighted by Gasteiger charge is -2.20. The van der Waals surface area contributed by atoms with Crippen LogP contribution in [-0.4, -0.2) is 22.5 Å². The molecule has 0 aliphatic heterocycles. The van der Waals surface area contributed by atoms with E-state index in [2.05, 4.69) is 16.9 Å². The molecule has 2 heterocycles. The number of ether oxygens (including phenoxy) is 1. The van der Waals surface area contributed by atoms with E-state index in [-0.39, 0.29) is 5.91 Å². The van der Waals surface area contributed by atoms with E-state index in [0.29, 0.717) is 28.9 Å². The number of fused-ring (bicyclic) bond motifs is 1. The Balaban J connectivity index is 1.63. The summed E-state index contributed by atoms with van der Waals surface area (Å²) in [5.74, 6) is 0.632. The van der Waals surface area contributed by atoms with Crippen LogP contribution in [-0.2, 0) is 6.54 Å². The van der Waals surface area contributed by atoms with Crippen molar-refractivity contribution in [3.63, 3.8) is 0 Å². The number of carbonyl (C=O) groups is 1. The van der Waals surface area contributed by atoms with Gasteiger partial charge in [0.2, 0.25) is 0 Å². The number of benzene rings is 2. The molecule has 0 radical (unpaired) electrons. The molecule has 7 heteroatoms. The number of halogens is 1.